The third-order valence-corrected chi connectivity index (χ3v) is 4.92. The van der Waals surface area contributed by atoms with Crippen LogP contribution in [-0.2, 0) is 16.0 Å². The number of rotatable bonds is 2. The van der Waals surface area contributed by atoms with Crippen LogP contribution in [0.4, 0.5) is 0 Å². The van der Waals surface area contributed by atoms with E-state index in [9.17, 15) is 9.59 Å². The van der Waals surface area contributed by atoms with Crippen molar-refractivity contribution in [3.63, 3.8) is 0 Å². The van der Waals surface area contributed by atoms with Crippen LogP contribution in [0.25, 0.3) is 0 Å². The topological polar surface area (TPSA) is 49.4 Å². The lowest BCUT2D eigenvalue weighted by atomic mass is 9.91. The maximum atomic E-state index is 12.8. The van der Waals surface area contributed by atoms with E-state index in [2.05, 4.69) is 5.32 Å². The van der Waals surface area contributed by atoms with E-state index in [1.165, 1.54) is 25.7 Å². The molecule has 0 radical (unpaired) electrons. The lowest BCUT2D eigenvalue weighted by Gasteiger charge is -2.34. The Labute approximate surface area is 131 Å². The van der Waals surface area contributed by atoms with Crippen LogP contribution in [0.2, 0.25) is 0 Å². The smallest absolute Gasteiger partial charge is 0.247 e. The van der Waals surface area contributed by atoms with Crippen LogP contribution in [0.1, 0.15) is 55.7 Å². The van der Waals surface area contributed by atoms with Gasteiger partial charge in [0.25, 0.3) is 0 Å². The second kappa shape index (κ2) is 6.51. The van der Waals surface area contributed by atoms with Crippen LogP contribution < -0.4 is 5.32 Å². The van der Waals surface area contributed by atoms with Gasteiger partial charge in [-0.1, -0.05) is 49.9 Å². The molecule has 22 heavy (non-hydrogen) atoms. The van der Waals surface area contributed by atoms with E-state index in [1.54, 1.807) is 11.9 Å². The number of amides is 2. The van der Waals surface area contributed by atoms with Gasteiger partial charge in [-0.2, -0.15) is 0 Å². The zero-order valence-electron chi connectivity index (χ0n) is 13.2. The number of likely N-dealkylation sites (N-methyl/N-ethyl adjacent to an activating group) is 1. The molecule has 0 saturated heterocycles. The molecule has 2 aliphatic rings. The monoisotopic (exact) mass is 300 g/mol. The lowest BCUT2D eigenvalue weighted by Crippen LogP contribution is -2.47. The van der Waals surface area contributed by atoms with Gasteiger partial charge in [-0.05, 0) is 24.0 Å². The molecule has 1 aliphatic heterocycles. The molecule has 4 nitrogen and oxygen atoms in total. The number of carbonyl (C=O) groups is 2. The van der Waals surface area contributed by atoms with Crippen molar-refractivity contribution in [2.24, 2.45) is 0 Å². The molecule has 1 N–H and O–H groups in total. The summed E-state index contributed by atoms with van der Waals surface area (Å²) in [5, 5.41) is 3.19. The number of nitrogens with zero attached hydrogens (tertiary/aromatic N) is 1. The summed E-state index contributed by atoms with van der Waals surface area (Å²) in [6, 6.07) is 7.56. The van der Waals surface area contributed by atoms with E-state index in [0.29, 0.717) is 6.42 Å². The summed E-state index contributed by atoms with van der Waals surface area (Å²) >= 11 is 0. The molecule has 2 amide bonds. The largest absolute Gasteiger partial charge is 0.351 e. The fourth-order valence-corrected chi connectivity index (χ4v) is 3.62. The molecule has 1 fully saturated rings. The summed E-state index contributed by atoms with van der Waals surface area (Å²) in [6.07, 6.45) is 7.38. The van der Waals surface area contributed by atoms with Crippen LogP contribution in [-0.4, -0.2) is 29.8 Å². The second-order valence-electron chi connectivity index (χ2n) is 6.48. The molecule has 1 heterocycles. The SMILES string of the molecule is CN1C(=O)Cc2ccccc2C1C(=O)NC1CCCCCC1. The summed E-state index contributed by atoms with van der Waals surface area (Å²) in [6.45, 7) is 0. The Kier molecular flexibility index (Phi) is 4.46. The fraction of sp³-hybridized carbons (Fsp3) is 0.556. The van der Waals surface area contributed by atoms with Crippen molar-refractivity contribution in [2.45, 2.75) is 57.0 Å². The predicted molar refractivity (Wildman–Crippen MR) is 85.3 cm³/mol. The van der Waals surface area contributed by atoms with Gasteiger partial charge in [0, 0.05) is 13.1 Å². The number of hydrogen-bond acceptors (Lipinski definition) is 2. The van der Waals surface area contributed by atoms with Gasteiger partial charge in [0.15, 0.2) is 0 Å². The highest BCUT2D eigenvalue weighted by Gasteiger charge is 2.35. The Hall–Kier alpha value is -1.84. The molecule has 1 saturated carbocycles. The number of fused-ring (bicyclic) bond motifs is 1. The second-order valence-corrected chi connectivity index (χ2v) is 6.48. The first-order chi connectivity index (χ1) is 10.7. The molecule has 1 atom stereocenters. The normalized spacial score (nSPS) is 22.9. The molecule has 3 rings (SSSR count). The Morgan fingerprint density at radius 3 is 2.55 bits per heavy atom. The average molecular weight is 300 g/mol. The standard InChI is InChI=1S/C18H24N2O2/c1-20-16(21)12-13-8-6-7-11-15(13)17(20)18(22)19-14-9-4-2-3-5-10-14/h6-8,11,14,17H,2-5,9-10,12H2,1H3,(H,19,22). The molecular formula is C18H24N2O2. The number of benzene rings is 1. The van der Waals surface area contributed by atoms with Crippen LogP contribution in [0, 0.1) is 0 Å². The molecule has 118 valence electrons. The Morgan fingerprint density at radius 1 is 1.14 bits per heavy atom. The van der Waals surface area contributed by atoms with Gasteiger partial charge in [0.05, 0.1) is 6.42 Å². The maximum Gasteiger partial charge on any atom is 0.247 e. The van der Waals surface area contributed by atoms with Gasteiger partial charge in [-0.3, -0.25) is 9.59 Å². The lowest BCUT2D eigenvalue weighted by molar-refractivity contribution is -0.140. The highest BCUT2D eigenvalue weighted by molar-refractivity contribution is 5.92. The van der Waals surface area contributed by atoms with Crippen LogP contribution in [0.15, 0.2) is 24.3 Å². The maximum absolute atomic E-state index is 12.8. The van der Waals surface area contributed by atoms with Crippen LogP contribution >= 0.6 is 0 Å². The fourth-order valence-electron chi connectivity index (χ4n) is 3.62. The highest BCUT2D eigenvalue weighted by Crippen LogP contribution is 2.30. The summed E-state index contributed by atoms with van der Waals surface area (Å²) in [4.78, 5) is 26.5. The molecular weight excluding hydrogens is 276 g/mol. The van der Waals surface area contributed by atoms with Crippen molar-refractivity contribution in [1.82, 2.24) is 10.2 Å². The first kappa shape index (κ1) is 15.1. The van der Waals surface area contributed by atoms with E-state index in [0.717, 1.165) is 24.0 Å². The van der Waals surface area contributed by atoms with Crippen molar-refractivity contribution in [3.05, 3.63) is 35.4 Å². The van der Waals surface area contributed by atoms with E-state index < -0.39 is 6.04 Å². The highest BCUT2D eigenvalue weighted by atomic mass is 16.2. The van der Waals surface area contributed by atoms with Gasteiger partial charge < -0.3 is 10.2 Å². The zero-order chi connectivity index (χ0) is 15.5. The average Bonchev–Trinajstić information content (AvgIpc) is 2.77. The van der Waals surface area contributed by atoms with Gasteiger partial charge in [0.2, 0.25) is 11.8 Å². The minimum absolute atomic E-state index is 0.0136. The Balaban J connectivity index is 1.79. The van der Waals surface area contributed by atoms with Gasteiger partial charge in [0.1, 0.15) is 6.04 Å². The summed E-state index contributed by atoms with van der Waals surface area (Å²) in [5.74, 6) is -0.0189. The van der Waals surface area contributed by atoms with E-state index >= 15 is 0 Å². The van der Waals surface area contributed by atoms with Gasteiger partial charge in [-0.25, -0.2) is 0 Å². The summed E-state index contributed by atoms with van der Waals surface area (Å²) < 4.78 is 0. The number of nitrogens with one attached hydrogen (secondary N) is 1. The first-order valence-electron chi connectivity index (χ1n) is 8.30. The van der Waals surface area contributed by atoms with Crippen molar-refractivity contribution < 1.29 is 9.59 Å². The van der Waals surface area contributed by atoms with Gasteiger partial charge >= 0.3 is 0 Å². The molecule has 1 aromatic rings. The third-order valence-electron chi connectivity index (χ3n) is 4.92. The number of hydrogen-bond donors (Lipinski definition) is 1. The van der Waals surface area contributed by atoms with Crippen molar-refractivity contribution in [1.29, 1.82) is 0 Å². The molecule has 0 aromatic heterocycles. The minimum Gasteiger partial charge on any atom is -0.351 e. The zero-order valence-corrected chi connectivity index (χ0v) is 13.2. The molecule has 1 unspecified atom stereocenters. The number of carbonyl (C=O) groups excluding carboxylic acids is 2. The summed E-state index contributed by atoms with van der Waals surface area (Å²) in [7, 11) is 1.73. The Bertz CT molecular complexity index is 562. The summed E-state index contributed by atoms with van der Waals surface area (Å²) in [5.41, 5.74) is 1.95. The van der Waals surface area contributed by atoms with Crippen molar-refractivity contribution >= 4 is 11.8 Å². The molecule has 0 bridgehead atoms. The van der Waals surface area contributed by atoms with Crippen molar-refractivity contribution in [2.75, 3.05) is 7.05 Å². The minimum atomic E-state index is -0.485. The Morgan fingerprint density at radius 2 is 1.82 bits per heavy atom. The van der Waals surface area contributed by atoms with E-state index in [-0.39, 0.29) is 17.9 Å². The quantitative estimate of drug-likeness (QED) is 0.853. The molecule has 1 aromatic carbocycles. The van der Waals surface area contributed by atoms with Crippen LogP contribution in [0.3, 0.4) is 0 Å². The van der Waals surface area contributed by atoms with E-state index in [4.69, 9.17) is 0 Å². The predicted octanol–water partition coefficient (Wildman–Crippen LogP) is 2.58. The van der Waals surface area contributed by atoms with Gasteiger partial charge in [-0.15, -0.1) is 0 Å². The first-order valence-corrected chi connectivity index (χ1v) is 8.30. The third kappa shape index (κ3) is 3.01. The van der Waals surface area contributed by atoms with Crippen molar-refractivity contribution in [3.8, 4) is 0 Å². The molecule has 0 spiro atoms. The van der Waals surface area contributed by atoms with E-state index in [1.807, 2.05) is 24.3 Å². The molecule has 4 heteroatoms. The molecule has 1 aliphatic carbocycles. The van der Waals surface area contributed by atoms with Crippen LogP contribution in [0.5, 0.6) is 0 Å².